The van der Waals surface area contributed by atoms with Gasteiger partial charge in [0.2, 0.25) is 11.7 Å². The van der Waals surface area contributed by atoms with E-state index in [-0.39, 0.29) is 29.9 Å². The maximum absolute atomic E-state index is 11.9. The Labute approximate surface area is 206 Å². The number of benzene rings is 2. The van der Waals surface area contributed by atoms with Crippen molar-refractivity contribution in [3.05, 3.63) is 47.5 Å². The van der Waals surface area contributed by atoms with Crippen molar-refractivity contribution in [3.8, 4) is 17.2 Å². The van der Waals surface area contributed by atoms with Crippen molar-refractivity contribution in [1.29, 1.82) is 0 Å². The van der Waals surface area contributed by atoms with E-state index in [4.69, 9.17) is 14.2 Å². The number of likely N-dealkylation sites (tertiary alicyclic amines) is 1. The minimum absolute atomic E-state index is 0. The van der Waals surface area contributed by atoms with Crippen LogP contribution in [-0.4, -0.2) is 51.7 Å². The lowest BCUT2D eigenvalue weighted by atomic mass is 10.1. The standard InChI is InChI=1S/C23H30N4O4.HI/c1-24-23(26-18-12-19(29-2)22(31-4)20(13-18)30-3)25-14-16-7-5-8-17(11-16)15-27-10-6-9-21(27)28;/h5,7-8,11-13H,6,9-10,14-15H2,1-4H3,(H2,24,25,26);1H. The molecule has 174 valence electrons. The van der Waals surface area contributed by atoms with Gasteiger partial charge in [-0.3, -0.25) is 9.79 Å². The number of ether oxygens (including phenoxy) is 3. The fourth-order valence-corrected chi connectivity index (χ4v) is 3.58. The third-order valence-corrected chi connectivity index (χ3v) is 5.15. The summed E-state index contributed by atoms with van der Waals surface area (Å²) in [4.78, 5) is 18.1. The number of nitrogens with zero attached hydrogens (tertiary/aromatic N) is 2. The van der Waals surface area contributed by atoms with Crippen LogP contribution in [0.4, 0.5) is 5.69 Å². The summed E-state index contributed by atoms with van der Waals surface area (Å²) in [6, 6.07) is 11.9. The van der Waals surface area contributed by atoms with Crippen LogP contribution in [0.1, 0.15) is 24.0 Å². The number of nitrogens with one attached hydrogen (secondary N) is 2. The van der Waals surface area contributed by atoms with Crippen LogP contribution in [0.2, 0.25) is 0 Å². The van der Waals surface area contributed by atoms with Gasteiger partial charge in [-0.1, -0.05) is 24.3 Å². The highest BCUT2D eigenvalue weighted by atomic mass is 127. The smallest absolute Gasteiger partial charge is 0.222 e. The predicted molar refractivity (Wildman–Crippen MR) is 136 cm³/mol. The van der Waals surface area contributed by atoms with E-state index in [0.717, 1.165) is 29.8 Å². The summed E-state index contributed by atoms with van der Waals surface area (Å²) < 4.78 is 16.2. The number of aliphatic imine (C=N–C) groups is 1. The number of carbonyl (C=O) groups is 1. The molecule has 1 heterocycles. The van der Waals surface area contributed by atoms with Gasteiger partial charge in [0.25, 0.3) is 0 Å². The van der Waals surface area contributed by atoms with Gasteiger partial charge in [-0.15, -0.1) is 24.0 Å². The quantitative estimate of drug-likeness (QED) is 0.295. The average molecular weight is 554 g/mol. The Bertz CT molecular complexity index is 926. The van der Waals surface area contributed by atoms with E-state index in [0.29, 0.717) is 42.7 Å². The molecule has 0 unspecified atom stereocenters. The highest BCUT2D eigenvalue weighted by Crippen LogP contribution is 2.39. The van der Waals surface area contributed by atoms with Crippen molar-refractivity contribution >= 4 is 41.5 Å². The van der Waals surface area contributed by atoms with Crippen molar-refractivity contribution < 1.29 is 19.0 Å². The van der Waals surface area contributed by atoms with Crippen LogP contribution in [0.3, 0.4) is 0 Å². The topological polar surface area (TPSA) is 84.4 Å². The van der Waals surface area contributed by atoms with E-state index in [2.05, 4.69) is 33.8 Å². The van der Waals surface area contributed by atoms with E-state index >= 15 is 0 Å². The molecule has 0 atom stereocenters. The normalized spacial score (nSPS) is 13.4. The Balaban J connectivity index is 0.00000363. The zero-order valence-electron chi connectivity index (χ0n) is 18.9. The van der Waals surface area contributed by atoms with Gasteiger partial charge < -0.3 is 29.7 Å². The van der Waals surface area contributed by atoms with Crippen molar-refractivity contribution in [3.63, 3.8) is 0 Å². The third-order valence-electron chi connectivity index (χ3n) is 5.15. The molecule has 3 rings (SSSR count). The highest BCUT2D eigenvalue weighted by molar-refractivity contribution is 14.0. The molecular formula is C23H31IN4O4. The van der Waals surface area contributed by atoms with Crippen LogP contribution in [0, 0.1) is 0 Å². The minimum Gasteiger partial charge on any atom is -0.493 e. The summed E-state index contributed by atoms with van der Waals surface area (Å²) in [5, 5.41) is 6.56. The van der Waals surface area contributed by atoms with Crippen LogP contribution in [0.5, 0.6) is 17.2 Å². The Hall–Kier alpha value is -2.69. The summed E-state index contributed by atoms with van der Waals surface area (Å²) >= 11 is 0. The Morgan fingerprint density at radius 3 is 2.31 bits per heavy atom. The van der Waals surface area contributed by atoms with Crippen LogP contribution in [0.15, 0.2) is 41.4 Å². The number of carbonyl (C=O) groups excluding carboxylic acids is 1. The molecule has 0 bridgehead atoms. The molecule has 9 heteroatoms. The first-order chi connectivity index (χ1) is 15.1. The molecule has 0 radical (unpaired) electrons. The first-order valence-corrected chi connectivity index (χ1v) is 10.2. The molecule has 32 heavy (non-hydrogen) atoms. The molecule has 0 saturated carbocycles. The number of halogens is 1. The van der Waals surface area contributed by atoms with Gasteiger partial charge in [-0.05, 0) is 17.5 Å². The third kappa shape index (κ3) is 6.41. The minimum atomic E-state index is 0. The van der Waals surface area contributed by atoms with Gasteiger partial charge in [-0.25, -0.2) is 0 Å². The lowest BCUT2D eigenvalue weighted by Crippen LogP contribution is -2.30. The molecule has 2 aromatic rings. The fourth-order valence-electron chi connectivity index (χ4n) is 3.58. The van der Waals surface area contributed by atoms with Crippen molar-refractivity contribution in [2.75, 3.05) is 40.2 Å². The van der Waals surface area contributed by atoms with E-state index in [9.17, 15) is 4.79 Å². The number of hydrogen-bond acceptors (Lipinski definition) is 5. The lowest BCUT2D eigenvalue weighted by Gasteiger charge is -2.17. The Morgan fingerprint density at radius 2 is 1.75 bits per heavy atom. The highest BCUT2D eigenvalue weighted by Gasteiger charge is 2.20. The Morgan fingerprint density at radius 1 is 1.06 bits per heavy atom. The summed E-state index contributed by atoms with van der Waals surface area (Å²) in [5.74, 6) is 2.49. The molecule has 1 saturated heterocycles. The second-order valence-corrected chi connectivity index (χ2v) is 7.20. The number of guanidine groups is 1. The van der Waals surface area contributed by atoms with Crippen LogP contribution in [-0.2, 0) is 17.9 Å². The van der Waals surface area contributed by atoms with E-state index in [1.807, 2.05) is 23.1 Å². The Kier molecular flexibility index (Phi) is 9.89. The zero-order chi connectivity index (χ0) is 22.2. The number of methoxy groups -OCH3 is 3. The van der Waals surface area contributed by atoms with E-state index in [1.54, 1.807) is 28.4 Å². The van der Waals surface area contributed by atoms with Gasteiger partial charge in [0.05, 0.1) is 21.3 Å². The fraction of sp³-hybridized carbons (Fsp3) is 0.391. The van der Waals surface area contributed by atoms with Gasteiger partial charge in [0.1, 0.15) is 0 Å². The molecule has 1 aliphatic heterocycles. The SMILES string of the molecule is CN=C(NCc1cccc(CN2CCCC2=O)c1)Nc1cc(OC)c(OC)c(OC)c1.I. The van der Waals surface area contributed by atoms with Crippen LogP contribution >= 0.6 is 24.0 Å². The summed E-state index contributed by atoms with van der Waals surface area (Å²) in [6.45, 7) is 2.09. The average Bonchev–Trinajstić information content (AvgIpc) is 3.20. The van der Waals surface area contributed by atoms with Crippen molar-refractivity contribution in [2.24, 2.45) is 4.99 Å². The van der Waals surface area contributed by atoms with Crippen LogP contribution < -0.4 is 24.8 Å². The molecule has 1 aliphatic rings. The molecule has 2 aromatic carbocycles. The maximum Gasteiger partial charge on any atom is 0.222 e. The molecule has 1 fully saturated rings. The van der Waals surface area contributed by atoms with Crippen molar-refractivity contribution in [2.45, 2.75) is 25.9 Å². The zero-order valence-corrected chi connectivity index (χ0v) is 21.3. The molecular weight excluding hydrogens is 523 g/mol. The number of anilines is 1. The number of hydrogen-bond donors (Lipinski definition) is 2. The van der Waals surface area contributed by atoms with E-state index < -0.39 is 0 Å². The molecule has 0 aliphatic carbocycles. The van der Waals surface area contributed by atoms with Gasteiger partial charge in [0, 0.05) is 50.9 Å². The first-order valence-electron chi connectivity index (χ1n) is 10.2. The van der Waals surface area contributed by atoms with Gasteiger partial charge in [0.15, 0.2) is 17.5 Å². The first kappa shape index (κ1) is 25.6. The predicted octanol–water partition coefficient (Wildman–Crippen LogP) is 3.64. The van der Waals surface area contributed by atoms with E-state index in [1.165, 1.54) is 0 Å². The molecule has 2 N–H and O–H groups in total. The molecule has 0 aromatic heterocycles. The largest absolute Gasteiger partial charge is 0.493 e. The summed E-state index contributed by atoms with van der Waals surface area (Å²) in [5.41, 5.74) is 2.99. The second-order valence-electron chi connectivity index (χ2n) is 7.20. The van der Waals surface area contributed by atoms with Crippen molar-refractivity contribution in [1.82, 2.24) is 10.2 Å². The molecule has 8 nitrogen and oxygen atoms in total. The lowest BCUT2D eigenvalue weighted by molar-refractivity contribution is -0.128. The van der Waals surface area contributed by atoms with Gasteiger partial charge in [-0.2, -0.15) is 0 Å². The summed E-state index contributed by atoms with van der Waals surface area (Å²) in [6.07, 6.45) is 1.60. The number of rotatable bonds is 8. The summed E-state index contributed by atoms with van der Waals surface area (Å²) in [7, 11) is 6.44. The number of amides is 1. The second kappa shape index (κ2) is 12.4. The van der Waals surface area contributed by atoms with Crippen LogP contribution in [0.25, 0.3) is 0 Å². The monoisotopic (exact) mass is 554 g/mol. The van der Waals surface area contributed by atoms with Gasteiger partial charge >= 0.3 is 0 Å². The molecule has 0 spiro atoms. The molecule has 1 amide bonds. The maximum atomic E-state index is 11.9.